The van der Waals surface area contributed by atoms with Crippen molar-refractivity contribution in [1.82, 2.24) is 0 Å². The first-order valence-electron chi connectivity index (χ1n) is 4.42. The molecular formula is C11H15ISn. The summed E-state index contributed by atoms with van der Waals surface area (Å²) in [5.74, 6) is 0. The van der Waals surface area contributed by atoms with Gasteiger partial charge in [0.05, 0.1) is 0 Å². The van der Waals surface area contributed by atoms with Gasteiger partial charge in [0.1, 0.15) is 0 Å². The zero-order valence-corrected chi connectivity index (χ0v) is 13.4. The summed E-state index contributed by atoms with van der Waals surface area (Å²) in [5.41, 5.74) is 1.42. The molecule has 0 N–H and O–H groups in total. The second-order valence-electron chi connectivity index (χ2n) is 4.14. The van der Waals surface area contributed by atoms with Crippen LogP contribution in [0.3, 0.4) is 0 Å². The fourth-order valence-corrected chi connectivity index (χ4v) is 11.8. The van der Waals surface area contributed by atoms with Crippen LogP contribution in [0.5, 0.6) is 0 Å². The first-order valence-corrected chi connectivity index (χ1v) is 15.7. The van der Waals surface area contributed by atoms with E-state index in [0.717, 1.165) is 0 Å². The van der Waals surface area contributed by atoms with Gasteiger partial charge in [-0.1, -0.05) is 0 Å². The van der Waals surface area contributed by atoms with Gasteiger partial charge in [0.2, 0.25) is 0 Å². The number of benzene rings is 1. The van der Waals surface area contributed by atoms with Crippen molar-refractivity contribution in [3.8, 4) is 0 Å². The van der Waals surface area contributed by atoms with Crippen LogP contribution < -0.4 is 0 Å². The number of halogens is 1. The normalized spacial score (nSPS) is 13.1. The molecule has 0 heterocycles. The summed E-state index contributed by atoms with van der Waals surface area (Å²) in [4.78, 5) is 7.35. The molecule has 0 unspecified atom stereocenters. The molecular weight excluding hydrogens is 378 g/mol. The van der Waals surface area contributed by atoms with Crippen LogP contribution in [-0.2, 0) is 0 Å². The van der Waals surface area contributed by atoms with Crippen LogP contribution in [0.1, 0.15) is 5.56 Å². The van der Waals surface area contributed by atoms with Gasteiger partial charge in [-0.25, -0.2) is 0 Å². The van der Waals surface area contributed by atoms with E-state index in [1.54, 1.807) is 3.59 Å². The molecule has 2 heteroatoms. The van der Waals surface area contributed by atoms with Gasteiger partial charge in [-0.3, -0.25) is 0 Å². The molecule has 0 saturated carbocycles. The molecule has 0 bridgehead atoms. The average Bonchev–Trinajstić information content (AvgIpc) is 2.05. The maximum absolute atomic E-state index is 2.45. The molecule has 0 saturated heterocycles. The first-order chi connectivity index (χ1) is 6.05. The molecule has 1 aromatic rings. The van der Waals surface area contributed by atoms with Crippen molar-refractivity contribution >= 4 is 44.6 Å². The minimum absolute atomic E-state index is 1.42. The summed E-state index contributed by atoms with van der Waals surface area (Å²) in [7, 11) is 0. The summed E-state index contributed by atoms with van der Waals surface area (Å²) < 4.78 is 3.87. The fraction of sp³-hybridized carbons (Fsp3) is 0.273. The Morgan fingerprint density at radius 1 is 1.15 bits per heavy atom. The molecule has 0 aliphatic rings. The number of hydrogen-bond donors (Lipinski definition) is 0. The second kappa shape index (κ2) is 4.82. The zero-order chi connectivity index (χ0) is 9.90. The molecule has 0 aromatic heterocycles. The Balaban J connectivity index is 3.08. The van der Waals surface area contributed by atoms with Crippen molar-refractivity contribution in [2.75, 3.05) is 0 Å². The third-order valence-corrected chi connectivity index (χ3v) is 10.1. The van der Waals surface area contributed by atoms with Crippen LogP contribution in [0.2, 0.25) is 14.8 Å². The summed E-state index contributed by atoms with van der Waals surface area (Å²) in [5, 5.41) is 0. The van der Waals surface area contributed by atoms with E-state index in [4.69, 9.17) is 0 Å². The Hall–Kier alpha value is 0.489. The van der Waals surface area contributed by atoms with Gasteiger partial charge in [0.25, 0.3) is 0 Å². The summed E-state index contributed by atoms with van der Waals surface area (Å²) >= 11 is 0.479. The Morgan fingerprint density at radius 3 is 2.08 bits per heavy atom. The van der Waals surface area contributed by atoms with E-state index >= 15 is 0 Å². The van der Waals surface area contributed by atoms with E-state index in [2.05, 4.69) is 71.8 Å². The van der Waals surface area contributed by atoms with E-state index in [1.807, 2.05) is 0 Å². The molecule has 0 amide bonds. The Kier molecular flexibility index (Phi) is 4.29. The predicted octanol–water partition coefficient (Wildman–Crippen LogP) is 4.34. The van der Waals surface area contributed by atoms with Crippen LogP contribution >= 0.6 is 22.6 Å². The van der Waals surface area contributed by atoms with Crippen LogP contribution in [-0.4, -0.2) is 18.4 Å². The molecule has 13 heavy (non-hydrogen) atoms. The van der Waals surface area contributed by atoms with Gasteiger partial charge in [-0.05, 0) is 0 Å². The van der Waals surface area contributed by atoms with Crippen LogP contribution in [0, 0.1) is 0 Å². The molecule has 70 valence electrons. The summed E-state index contributed by atoms with van der Waals surface area (Å²) in [6.07, 6.45) is 0. The van der Waals surface area contributed by atoms with E-state index in [1.165, 1.54) is 5.56 Å². The quantitative estimate of drug-likeness (QED) is 0.519. The molecule has 0 fully saturated rings. The van der Waals surface area contributed by atoms with Crippen molar-refractivity contribution in [3.63, 3.8) is 0 Å². The van der Waals surface area contributed by atoms with Gasteiger partial charge in [-0.2, -0.15) is 0 Å². The molecule has 0 aliphatic heterocycles. The molecule has 0 atom stereocenters. The van der Waals surface area contributed by atoms with Gasteiger partial charge in [-0.15, -0.1) is 0 Å². The van der Waals surface area contributed by atoms with Crippen molar-refractivity contribution in [3.05, 3.63) is 40.0 Å². The van der Waals surface area contributed by atoms with Gasteiger partial charge < -0.3 is 0 Å². The Morgan fingerprint density at radius 2 is 1.69 bits per heavy atom. The van der Waals surface area contributed by atoms with Gasteiger partial charge in [0, 0.05) is 0 Å². The predicted molar refractivity (Wildman–Crippen MR) is 71.8 cm³/mol. The monoisotopic (exact) mass is 394 g/mol. The van der Waals surface area contributed by atoms with Crippen molar-refractivity contribution < 1.29 is 0 Å². The molecule has 1 rings (SSSR count). The van der Waals surface area contributed by atoms with Gasteiger partial charge >= 0.3 is 99.4 Å². The summed E-state index contributed by atoms with van der Waals surface area (Å²) in [6, 6.07) is 10.7. The van der Waals surface area contributed by atoms with E-state index in [-0.39, 0.29) is 0 Å². The number of rotatable bonds is 2. The standard InChI is InChI=1S/C8H6I.3CH3.Sn/c9-7-6-8-4-2-1-3-5-8;;;;/h1-5,7H;3*1H3;. The molecule has 0 aliphatic carbocycles. The molecule has 0 nitrogen and oxygen atoms in total. The van der Waals surface area contributed by atoms with E-state index < -0.39 is 18.4 Å². The number of hydrogen-bond acceptors (Lipinski definition) is 0. The van der Waals surface area contributed by atoms with Crippen molar-refractivity contribution in [2.24, 2.45) is 0 Å². The fourth-order valence-electron chi connectivity index (χ4n) is 1.28. The first kappa shape index (κ1) is 11.6. The third kappa shape index (κ3) is 3.27. The Bertz CT molecular complexity index is 296. The molecule has 0 spiro atoms. The van der Waals surface area contributed by atoms with E-state index in [9.17, 15) is 0 Å². The van der Waals surface area contributed by atoms with Crippen LogP contribution in [0.4, 0.5) is 0 Å². The van der Waals surface area contributed by atoms with Crippen LogP contribution in [0.25, 0.3) is 3.59 Å². The Labute approximate surface area is 98.4 Å². The summed E-state index contributed by atoms with van der Waals surface area (Å²) in [6.45, 7) is 0. The maximum atomic E-state index is 2.45. The SMILES string of the molecule is [CH3][Sn]([CH3])([CH3])/[C](=C\I)c1ccccc1. The van der Waals surface area contributed by atoms with Crippen LogP contribution in [0.15, 0.2) is 34.4 Å². The van der Waals surface area contributed by atoms with Gasteiger partial charge in [0.15, 0.2) is 0 Å². The molecule has 0 radical (unpaired) electrons. The van der Waals surface area contributed by atoms with Crippen molar-refractivity contribution in [1.29, 1.82) is 0 Å². The average molecular weight is 393 g/mol. The second-order valence-corrected chi connectivity index (χ2v) is 19.1. The minimum atomic E-state index is -1.89. The van der Waals surface area contributed by atoms with Crippen molar-refractivity contribution in [2.45, 2.75) is 14.8 Å². The molecule has 1 aromatic carbocycles. The third-order valence-electron chi connectivity index (χ3n) is 2.00. The zero-order valence-electron chi connectivity index (χ0n) is 8.34. The topological polar surface area (TPSA) is 0 Å². The van der Waals surface area contributed by atoms with E-state index in [0.29, 0.717) is 0 Å².